The SMILES string of the molecule is CS(=O)c1ccc(NC(=O)CCCc2csc3ccccc23)cc1F. The van der Waals surface area contributed by atoms with Crippen molar-refractivity contribution in [3.05, 3.63) is 59.2 Å². The lowest BCUT2D eigenvalue weighted by Gasteiger charge is -2.07. The largest absolute Gasteiger partial charge is 0.326 e. The van der Waals surface area contributed by atoms with Gasteiger partial charge in [-0.3, -0.25) is 9.00 Å². The second-order valence-electron chi connectivity index (χ2n) is 5.76. The molecule has 3 aromatic rings. The fraction of sp³-hybridized carbons (Fsp3) is 0.211. The number of aryl methyl sites for hydroxylation is 1. The first kappa shape index (κ1) is 17.8. The lowest BCUT2D eigenvalue weighted by atomic mass is 10.1. The molecule has 0 saturated carbocycles. The molecule has 0 radical (unpaired) electrons. The van der Waals surface area contributed by atoms with E-state index in [1.807, 2.05) is 12.1 Å². The predicted molar refractivity (Wildman–Crippen MR) is 102 cm³/mol. The first-order valence-electron chi connectivity index (χ1n) is 7.92. The summed E-state index contributed by atoms with van der Waals surface area (Å²) in [5, 5.41) is 6.08. The van der Waals surface area contributed by atoms with Crippen LogP contribution in [0.4, 0.5) is 10.1 Å². The van der Waals surface area contributed by atoms with Crippen LogP contribution in [0, 0.1) is 5.82 Å². The minimum atomic E-state index is -1.38. The molecule has 1 amide bonds. The fourth-order valence-corrected chi connectivity index (χ4v) is 4.29. The van der Waals surface area contributed by atoms with Gasteiger partial charge in [-0.25, -0.2) is 4.39 Å². The Labute approximate surface area is 152 Å². The van der Waals surface area contributed by atoms with E-state index >= 15 is 0 Å². The van der Waals surface area contributed by atoms with E-state index in [-0.39, 0.29) is 10.8 Å². The Morgan fingerprint density at radius 2 is 2.04 bits per heavy atom. The maximum absolute atomic E-state index is 13.8. The van der Waals surface area contributed by atoms with Gasteiger partial charge in [0.05, 0.1) is 15.7 Å². The maximum atomic E-state index is 13.8. The molecule has 0 aliphatic heterocycles. The zero-order chi connectivity index (χ0) is 17.8. The molecule has 1 aromatic heterocycles. The van der Waals surface area contributed by atoms with E-state index in [1.54, 1.807) is 17.4 Å². The van der Waals surface area contributed by atoms with Crippen LogP contribution in [0.2, 0.25) is 0 Å². The number of fused-ring (bicyclic) bond motifs is 1. The van der Waals surface area contributed by atoms with Crippen LogP contribution in [0.1, 0.15) is 18.4 Å². The Morgan fingerprint density at radius 1 is 1.24 bits per heavy atom. The summed E-state index contributed by atoms with van der Waals surface area (Å²) in [5.74, 6) is -0.715. The van der Waals surface area contributed by atoms with Crippen LogP contribution in [0.15, 0.2) is 52.7 Å². The third-order valence-corrected chi connectivity index (χ3v) is 5.90. The van der Waals surface area contributed by atoms with E-state index in [4.69, 9.17) is 0 Å². The Balaban J connectivity index is 1.55. The normalized spacial score (nSPS) is 12.2. The maximum Gasteiger partial charge on any atom is 0.224 e. The summed E-state index contributed by atoms with van der Waals surface area (Å²) in [4.78, 5) is 12.2. The van der Waals surface area contributed by atoms with Crippen molar-refractivity contribution in [2.45, 2.75) is 24.2 Å². The van der Waals surface area contributed by atoms with Crippen LogP contribution < -0.4 is 5.32 Å². The number of hydrogen-bond acceptors (Lipinski definition) is 3. The number of anilines is 1. The number of carbonyl (C=O) groups is 1. The summed E-state index contributed by atoms with van der Waals surface area (Å²) in [6.45, 7) is 0. The monoisotopic (exact) mass is 375 g/mol. The van der Waals surface area contributed by atoms with Gasteiger partial charge in [-0.1, -0.05) is 18.2 Å². The first-order valence-corrected chi connectivity index (χ1v) is 10.4. The number of amides is 1. The van der Waals surface area contributed by atoms with Crippen molar-refractivity contribution < 1.29 is 13.4 Å². The van der Waals surface area contributed by atoms with Gasteiger partial charge in [-0.15, -0.1) is 11.3 Å². The minimum absolute atomic E-state index is 0.141. The number of carbonyl (C=O) groups excluding carboxylic acids is 1. The lowest BCUT2D eigenvalue weighted by Crippen LogP contribution is -2.12. The quantitative estimate of drug-likeness (QED) is 0.676. The summed E-state index contributed by atoms with van der Waals surface area (Å²) in [7, 11) is -1.38. The molecule has 3 rings (SSSR count). The molecular formula is C19H18FNO2S2. The molecule has 1 unspecified atom stereocenters. The van der Waals surface area contributed by atoms with Crippen LogP contribution in [-0.4, -0.2) is 16.4 Å². The van der Waals surface area contributed by atoms with Crippen LogP contribution in [0.5, 0.6) is 0 Å². The van der Waals surface area contributed by atoms with Gasteiger partial charge in [-0.2, -0.15) is 0 Å². The predicted octanol–water partition coefficient (Wildman–Crippen LogP) is 4.74. The van der Waals surface area contributed by atoms with Crippen LogP contribution in [0.3, 0.4) is 0 Å². The van der Waals surface area contributed by atoms with Gasteiger partial charge < -0.3 is 5.32 Å². The summed E-state index contributed by atoms with van der Waals surface area (Å²) in [6.07, 6.45) is 3.35. The van der Waals surface area contributed by atoms with E-state index in [1.165, 1.54) is 34.0 Å². The number of rotatable bonds is 6. The Bertz CT molecular complexity index is 936. The van der Waals surface area contributed by atoms with Gasteiger partial charge in [0.1, 0.15) is 5.82 Å². The van der Waals surface area contributed by atoms with Crippen LogP contribution >= 0.6 is 11.3 Å². The zero-order valence-corrected chi connectivity index (χ0v) is 15.4. The zero-order valence-electron chi connectivity index (χ0n) is 13.8. The molecule has 0 spiro atoms. The van der Waals surface area contributed by atoms with Gasteiger partial charge in [0.15, 0.2) is 0 Å². The van der Waals surface area contributed by atoms with Crippen molar-refractivity contribution in [3.63, 3.8) is 0 Å². The molecule has 0 saturated heterocycles. The molecule has 2 aromatic carbocycles. The number of halogens is 1. The Hall–Kier alpha value is -2.05. The average Bonchev–Trinajstić information content (AvgIpc) is 2.98. The standard InChI is InChI=1S/C19H18FNO2S2/c1-25(23)18-10-9-14(11-16(18)20)21-19(22)8-4-5-13-12-24-17-7-3-2-6-15(13)17/h2-3,6-7,9-12H,4-5,8H2,1H3,(H,21,22). The minimum Gasteiger partial charge on any atom is -0.326 e. The second kappa shape index (κ2) is 7.89. The molecule has 25 heavy (non-hydrogen) atoms. The molecular weight excluding hydrogens is 357 g/mol. The molecule has 0 aliphatic rings. The highest BCUT2D eigenvalue weighted by molar-refractivity contribution is 7.84. The topological polar surface area (TPSA) is 46.2 Å². The summed E-state index contributed by atoms with van der Waals surface area (Å²) < 4.78 is 26.4. The lowest BCUT2D eigenvalue weighted by molar-refractivity contribution is -0.116. The second-order valence-corrected chi connectivity index (χ2v) is 8.02. The smallest absolute Gasteiger partial charge is 0.224 e. The van der Waals surface area contributed by atoms with Crippen molar-refractivity contribution in [2.24, 2.45) is 0 Å². The van der Waals surface area contributed by atoms with E-state index in [2.05, 4.69) is 22.8 Å². The molecule has 1 atom stereocenters. The molecule has 0 bridgehead atoms. The number of nitrogens with one attached hydrogen (secondary N) is 1. The van der Waals surface area contributed by atoms with Crippen LogP contribution in [-0.2, 0) is 22.0 Å². The Morgan fingerprint density at radius 3 is 2.80 bits per heavy atom. The van der Waals surface area contributed by atoms with E-state index in [0.29, 0.717) is 12.1 Å². The highest BCUT2D eigenvalue weighted by Crippen LogP contribution is 2.26. The van der Waals surface area contributed by atoms with Crippen molar-refractivity contribution in [1.82, 2.24) is 0 Å². The van der Waals surface area contributed by atoms with E-state index < -0.39 is 16.6 Å². The molecule has 130 valence electrons. The third kappa shape index (κ3) is 4.32. The Kier molecular flexibility index (Phi) is 5.60. The van der Waals surface area contributed by atoms with Gasteiger partial charge in [0, 0.05) is 23.1 Å². The summed E-state index contributed by atoms with van der Waals surface area (Å²) >= 11 is 1.71. The highest BCUT2D eigenvalue weighted by atomic mass is 32.2. The number of hydrogen-bond donors (Lipinski definition) is 1. The van der Waals surface area contributed by atoms with Crippen molar-refractivity contribution >= 4 is 43.8 Å². The van der Waals surface area contributed by atoms with Gasteiger partial charge in [0.2, 0.25) is 5.91 Å². The summed E-state index contributed by atoms with van der Waals surface area (Å²) in [5.41, 5.74) is 1.65. The van der Waals surface area contributed by atoms with Gasteiger partial charge in [0.25, 0.3) is 0 Å². The number of thiophene rings is 1. The van der Waals surface area contributed by atoms with Crippen molar-refractivity contribution in [1.29, 1.82) is 0 Å². The first-order chi connectivity index (χ1) is 12.0. The molecule has 0 aliphatic carbocycles. The van der Waals surface area contributed by atoms with E-state index in [9.17, 15) is 13.4 Å². The van der Waals surface area contributed by atoms with Crippen molar-refractivity contribution in [3.8, 4) is 0 Å². The van der Waals surface area contributed by atoms with Gasteiger partial charge >= 0.3 is 0 Å². The molecule has 6 heteroatoms. The molecule has 0 fully saturated rings. The van der Waals surface area contributed by atoms with Crippen molar-refractivity contribution in [2.75, 3.05) is 11.6 Å². The molecule has 1 N–H and O–H groups in total. The number of benzene rings is 2. The van der Waals surface area contributed by atoms with Crippen LogP contribution in [0.25, 0.3) is 10.1 Å². The average molecular weight is 375 g/mol. The third-order valence-electron chi connectivity index (χ3n) is 3.94. The van der Waals surface area contributed by atoms with Gasteiger partial charge in [-0.05, 0) is 53.4 Å². The summed E-state index contributed by atoms with van der Waals surface area (Å²) in [6, 6.07) is 12.5. The highest BCUT2D eigenvalue weighted by Gasteiger charge is 2.09. The van der Waals surface area contributed by atoms with E-state index in [0.717, 1.165) is 12.8 Å². The molecule has 3 nitrogen and oxygen atoms in total. The fourth-order valence-electron chi connectivity index (χ4n) is 2.70. The molecule has 1 heterocycles.